The van der Waals surface area contributed by atoms with Gasteiger partial charge in [-0.05, 0) is 45.9 Å². The lowest BCUT2D eigenvalue weighted by molar-refractivity contribution is 0.0950. The lowest BCUT2D eigenvalue weighted by atomic mass is 10.2. The molecule has 0 radical (unpaired) electrons. The van der Waals surface area contributed by atoms with E-state index in [1.807, 2.05) is 19.9 Å². The highest BCUT2D eigenvalue weighted by Gasteiger charge is 2.13. The second-order valence-electron chi connectivity index (χ2n) is 6.17. The van der Waals surface area contributed by atoms with E-state index in [1.165, 1.54) is 10.7 Å². The molecule has 0 bridgehead atoms. The Balaban J connectivity index is 1.71. The Morgan fingerprint density at radius 2 is 1.92 bits per heavy atom. The van der Waals surface area contributed by atoms with Crippen LogP contribution in [0, 0.1) is 27.7 Å². The van der Waals surface area contributed by atoms with Crippen LogP contribution in [0.25, 0.3) is 5.82 Å². The van der Waals surface area contributed by atoms with E-state index in [1.54, 1.807) is 30.7 Å². The van der Waals surface area contributed by atoms with Gasteiger partial charge in [0.25, 0.3) is 11.5 Å². The number of hydrogen-bond donors (Lipinski definition) is 1. The molecule has 1 N–H and O–H groups in total. The summed E-state index contributed by atoms with van der Waals surface area (Å²) >= 11 is 0. The zero-order valence-corrected chi connectivity index (χ0v) is 15.2. The number of rotatable bonds is 5. The highest BCUT2D eigenvalue weighted by atomic mass is 16.3. The Morgan fingerprint density at radius 3 is 2.54 bits per heavy atom. The third-order valence-corrected chi connectivity index (χ3v) is 3.97. The van der Waals surface area contributed by atoms with Crippen LogP contribution in [-0.4, -0.2) is 32.0 Å². The molecule has 3 heterocycles. The molecule has 1 amide bonds. The number of nitrogens with one attached hydrogen (secondary N) is 1. The monoisotopic (exact) mass is 355 g/mol. The van der Waals surface area contributed by atoms with Gasteiger partial charge in [0.15, 0.2) is 5.82 Å². The van der Waals surface area contributed by atoms with E-state index in [2.05, 4.69) is 15.5 Å². The van der Waals surface area contributed by atoms with Crippen molar-refractivity contribution < 1.29 is 9.21 Å². The Labute approximate surface area is 150 Å². The third-order valence-electron chi connectivity index (χ3n) is 3.97. The molecular formula is C18H21N5O3. The normalized spacial score (nSPS) is 10.9. The number of carbonyl (C=O) groups is 1. The van der Waals surface area contributed by atoms with E-state index in [4.69, 9.17) is 4.42 Å². The molecule has 0 aliphatic carbocycles. The van der Waals surface area contributed by atoms with Crippen molar-refractivity contribution in [2.24, 2.45) is 0 Å². The summed E-state index contributed by atoms with van der Waals surface area (Å²) in [5.74, 6) is 1.58. The molecule has 0 atom stereocenters. The van der Waals surface area contributed by atoms with Crippen molar-refractivity contribution in [3.8, 4) is 5.82 Å². The Kier molecular flexibility index (Phi) is 4.75. The SMILES string of the molecule is Cc1cc(C)n(-c2ccc(=O)n(CCNC(=O)c3cc(C)oc3C)n2)n1. The predicted molar refractivity (Wildman–Crippen MR) is 95.6 cm³/mol. The fraction of sp³-hybridized carbons (Fsp3) is 0.333. The van der Waals surface area contributed by atoms with Gasteiger partial charge < -0.3 is 9.73 Å². The van der Waals surface area contributed by atoms with Crippen molar-refractivity contribution in [2.75, 3.05) is 6.54 Å². The summed E-state index contributed by atoms with van der Waals surface area (Å²) in [6.45, 7) is 7.88. The van der Waals surface area contributed by atoms with Crippen molar-refractivity contribution in [1.29, 1.82) is 0 Å². The first-order chi connectivity index (χ1) is 12.3. The number of hydrogen-bond acceptors (Lipinski definition) is 5. The first kappa shape index (κ1) is 17.7. The van der Waals surface area contributed by atoms with Gasteiger partial charge in [0.05, 0.1) is 17.8 Å². The van der Waals surface area contributed by atoms with Gasteiger partial charge in [0.1, 0.15) is 11.5 Å². The Bertz CT molecular complexity index is 1010. The highest BCUT2D eigenvalue weighted by molar-refractivity contribution is 5.95. The summed E-state index contributed by atoms with van der Waals surface area (Å²) < 4.78 is 8.36. The third kappa shape index (κ3) is 3.58. The standard InChI is InChI=1S/C18H21N5O3/c1-11-9-12(2)23(20-11)16-5-6-17(24)22(21-16)8-7-19-18(25)15-10-13(3)26-14(15)4/h5-6,9-10H,7-8H2,1-4H3,(H,19,25). The van der Waals surface area contributed by atoms with Gasteiger partial charge in [-0.25, -0.2) is 9.36 Å². The van der Waals surface area contributed by atoms with E-state index in [0.717, 1.165) is 11.4 Å². The Morgan fingerprint density at radius 1 is 1.15 bits per heavy atom. The number of amides is 1. The summed E-state index contributed by atoms with van der Waals surface area (Å²) in [5.41, 5.74) is 2.07. The minimum Gasteiger partial charge on any atom is -0.466 e. The van der Waals surface area contributed by atoms with Crippen LogP contribution in [0.2, 0.25) is 0 Å². The summed E-state index contributed by atoms with van der Waals surface area (Å²) in [4.78, 5) is 24.2. The van der Waals surface area contributed by atoms with Crippen molar-refractivity contribution >= 4 is 5.91 Å². The van der Waals surface area contributed by atoms with Crippen LogP contribution in [0.5, 0.6) is 0 Å². The van der Waals surface area contributed by atoms with Crippen molar-refractivity contribution in [3.63, 3.8) is 0 Å². The van der Waals surface area contributed by atoms with E-state index in [0.29, 0.717) is 22.9 Å². The van der Waals surface area contributed by atoms with Gasteiger partial charge >= 0.3 is 0 Å². The van der Waals surface area contributed by atoms with Crippen LogP contribution in [-0.2, 0) is 6.54 Å². The maximum absolute atomic E-state index is 12.2. The second kappa shape index (κ2) is 6.99. The van der Waals surface area contributed by atoms with Crippen molar-refractivity contribution in [2.45, 2.75) is 34.2 Å². The fourth-order valence-electron chi connectivity index (χ4n) is 2.80. The second-order valence-corrected chi connectivity index (χ2v) is 6.17. The largest absolute Gasteiger partial charge is 0.466 e. The molecule has 3 aromatic heterocycles. The minimum absolute atomic E-state index is 0.234. The average molecular weight is 355 g/mol. The van der Waals surface area contributed by atoms with E-state index in [-0.39, 0.29) is 24.6 Å². The van der Waals surface area contributed by atoms with Crippen molar-refractivity contribution in [3.05, 3.63) is 63.1 Å². The summed E-state index contributed by atoms with van der Waals surface area (Å²) in [5, 5.41) is 11.5. The van der Waals surface area contributed by atoms with E-state index >= 15 is 0 Å². The van der Waals surface area contributed by atoms with Gasteiger partial charge in [-0.3, -0.25) is 9.59 Å². The maximum Gasteiger partial charge on any atom is 0.266 e. The highest BCUT2D eigenvalue weighted by Crippen LogP contribution is 2.13. The van der Waals surface area contributed by atoms with Crippen molar-refractivity contribution in [1.82, 2.24) is 24.9 Å². The van der Waals surface area contributed by atoms with E-state index < -0.39 is 0 Å². The van der Waals surface area contributed by atoms with Gasteiger partial charge in [0, 0.05) is 18.3 Å². The molecule has 26 heavy (non-hydrogen) atoms. The molecule has 0 saturated heterocycles. The molecule has 0 saturated carbocycles. The number of carbonyl (C=O) groups excluding carboxylic acids is 1. The van der Waals surface area contributed by atoms with Crippen LogP contribution >= 0.6 is 0 Å². The molecule has 0 aromatic carbocycles. The molecule has 136 valence electrons. The van der Waals surface area contributed by atoms with Gasteiger partial charge in [0.2, 0.25) is 0 Å². The smallest absolute Gasteiger partial charge is 0.266 e. The zero-order chi connectivity index (χ0) is 18.8. The molecule has 3 rings (SSSR count). The molecule has 0 fully saturated rings. The molecule has 3 aromatic rings. The topological polar surface area (TPSA) is 95.0 Å². The number of furan rings is 1. The summed E-state index contributed by atoms with van der Waals surface area (Å²) in [6, 6.07) is 6.71. The lowest BCUT2D eigenvalue weighted by Gasteiger charge is -2.09. The van der Waals surface area contributed by atoms with Crippen LogP contribution in [0.15, 0.2) is 33.5 Å². The molecule has 8 heteroatoms. The summed E-state index contributed by atoms with van der Waals surface area (Å²) in [6.07, 6.45) is 0. The van der Waals surface area contributed by atoms with Gasteiger partial charge in [-0.1, -0.05) is 0 Å². The maximum atomic E-state index is 12.2. The predicted octanol–water partition coefficient (Wildman–Crippen LogP) is 1.69. The fourth-order valence-corrected chi connectivity index (χ4v) is 2.80. The van der Waals surface area contributed by atoms with Gasteiger partial charge in [-0.15, -0.1) is 5.10 Å². The molecule has 0 unspecified atom stereocenters. The number of aryl methyl sites for hydroxylation is 4. The Hall–Kier alpha value is -3.16. The average Bonchev–Trinajstić information content (AvgIpc) is 3.09. The minimum atomic E-state index is -0.236. The molecular weight excluding hydrogens is 334 g/mol. The zero-order valence-electron chi connectivity index (χ0n) is 15.2. The van der Waals surface area contributed by atoms with Crippen LogP contribution in [0.4, 0.5) is 0 Å². The molecule has 0 aliphatic rings. The lowest BCUT2D eigenvalue weighted by Crippen LogP contribution is -2.32. The molecule has 0 spiro atoms. The number of aromatic nitrogens is 4. The molecule has 0 aliphatic heterocycles. The first-order valence-corrected chi connectivity index (χ1v) is 8.32. The van der Waals surface area contributed by atoms with Crippen LogP contribution in [0.1, 0.15) is 33.3 Å². The molecule has 8 nitrogen and oxygen atoms in total. The summed E-state index contributed by atoms with van der Waals surface area (Å²) in [7, 11) is 0. The van der Waals surface area contributed by atoms with Crippen LogP contribution < -0.4 is 10.9 Å². The number of nitrogens with zero attached hydrogens (tertiary/aromatic N) is 4. The van der Waals surface area contributed by atoms with Gasteiger partial charge in [-0.2, -0.15) is 5.10 Å². The van der Waals surface area contributed by atoms with Crippen LogP contribution in [0.3, 0.4) is 0 Å². The first-order valence-electron chi connectivity index (χ1n) is 8.32. The quantitative estimate of drug-likeness (QED) is 0.751. The van der Waals surface area contributed by atoms with E-state index in [9.17, 15) is 9.59 Å².